The van der Waals surface area contributed by atoms with E-state index >= 15 is 0 Å². The van der Waals surface area contributed by atoms with Crippen LogP contribution in [0, 0.1) is 6.92 Å². The Balaban J connectivity index is 1.97. The van der Waals surface area contributed by atoms with Gasteiger partial charge in [-0.3, -0.25) is 4.79 Å². The van der Waals surface area contributed by atoms with Crippen LogP contribution in [-0.2, 0) is 0 Å². The van der Waals surface area contributed by atoms with Crippen LogP contribution >= 0.6 is 11.6 Å². The van der Waals surface area contributed by atoms with E-state index in [1.165, 1.54) is 0 Å². The Labute approximate surface area is 121 Å². The molecule has 0 saturated carbocycles. The number of rotatable bonds is 2. The van der Waals surface area contributed by atoms with Gasteiger partial charge < -0.3 is 10.3 Å². The average molecular weight is 285 g/mol. The summed E-state index contributed by atoms with van der Waals surface area (Å²) in [6.07, 6.45) is 1.82. The summed E-state index contributed by atoms with van der Waals surface area (Å²) in [7, 11) is 0. The normalized spacial score (nSPS) is 10.7. The van der Waals surface area contributed by atoms with E-state index in [-0.39, 0.29) is 5.91 Å². The molecule has 0 aliphatic heterocycles. The Bertz CT molecular complexity index is 792. The number of aryl methyl sites for hydroxylation is 1. The maximum Gasteiger partial charge on any atom is 0.257 e. The molecule has 2 N–H and O–H groups in total. The standard InChI is InChI=1S/C16H13ClN2O/c1-10-5-6-13(17)14(9-10)19-16(20)12-4-2-3-11-7-8-18-15(11)12/h2-9,18H,1H3,(H,19,20). The van der Waals surface area contributed by atoms with Gasteiger partial charge in [0.05, 0.1) is 21.8 Å². The van der Waals surface area contributed by atoms with Crippen molar-refractivity contribution < 1.29 is 4.79 Å². The molecule has 0 fully saturated rings. The Morgan fingerprint density at radius 1 is 1.20 bits per heavy atom. The van der Waals surface area contributed by atoms with Crippen LogP contribution in [0.1, 0.15) is 15.9 Å². The van der Waals surface area contributed by atoms with Crippen LogP contribution in [-0.4, -0.2) is 10.9 Å². The van der Waals surface area contributed by atoms with Crippen LogP contribution in [0.25, 0.3) is 10.9 Å². The molecule has 1 amide bonds. The molecule has 3 nitrogen and oxygen atoms in total. The summed E-state index contributed by atoms with van der Waals surface area (Å²) in [5, 5.41) is 4.40. The van der Waals surface area contributed by atoms with Gasteiger partial charge in [-0.15, -0.1) is 0 Å². The number of H-pyrrole nitrogens is 1. The van der Waals surface area contributed by atoms with E-state index < -0.39 is 0 Å². The van der Waals surface area contributed by atoms with Crippen molar-refractivity contribution in [2.45, 2.75) is 6.92 Å². The Morgan fingerprint density at radius 2 is 2.05 bits per heavy atom. The number of hydrogen-bond acceptors (Lipinski definition) is 1. The molecule has 0 aliphatic rings. The highest BCUT2D eigenvalue weighted by atomic mass is 35.5. The summed E-state index contributed by atoms with van der Waals surface area (Å²) >= 11 is 6.10. The SMILES string of the molecule is Cc1ccc(Cl)c(NC(=O)c2cccc3cc[nH]c23)c1. The molecule has 0 spiro atoms. The minimum absolute atomic E-state index is 0.175. The van der Waals surface area contributed by atoms with Crippen LogP contribution in [0.15, 0.2) is 48.7 Å². The van der Waals surface area contributed by atoms with Crippen molar-refractivity contribution in [3.63, 3.8) is 0 Å². The first-order valence-electron chi connectivity index (χ1n) is 6.29. The number of carbonyl (C=O) groups is 1. The zero-order valence-corrected chi connectivity index (χ0v) is 11.7. The second kappa shape index (κ2) is 5.02. The molecular formula is C16H13ClN2O. The van der Waals surface area contributed by atoms with Crippen LogP contribution < -0.4 is 5.32 Å². The fourth-order valence-electron chi connectivity index (χ4n) is 2.20. The quantitative estimate of drug-likeness (QED) is 0.720. The van der Waals surface area contributed by atoms with Gasteiger partial charge in [0.2, 0.25) is 0 Å². The van der Waals surface area contributed by atoms with Gasteiger partial charge >= 0.3 is 0 Å². The Kier molecular flexibility index (Phi) is 3.20. The highest BCUT2D eigenvalue weighted by Crippen LogP contribution is 2.24. The van der Waals surface area contributed by atoms with Crippen molar-refractivity contribution in [2.75, 3.05) is 5.32 Å². The van der Waals surface area contributed by atoms with Crippen molar-refractivity contribution in [1.82, 2.24) is 4.98 Å². The van der Waals surface area contributed by atoms with E-state index in [1.807, 2.05) is 43.5 Å². The third-order valence-corrected chi connectivity index (χ3v) is 3.53. The minimum Gasteiger partial charge on any atom is -0.361 e. The molecule has 3 aromatic rings. The second-order valence-electron chi connectivity index (χ2n) is 4.68. The third-order valence-electron chi connectivity index (χ3n) is 3.20. The van der Waals surface area contributed by atoms with Gasteiger partial charge in [0, 0.05) is 11.6 Å². The van der Waals surface area contributed by atoms with Gasteiger partial charge in [-0.25, -0.2) is 0 Å². The van der Waals surface area contributed by atoms with E-state index in [0.717, 1.165) is 16.5 Å². The summed E-state index contributed by atoms with van der Waals surface area (Å²) in [5.74, 6) is -0.175. The maximum absolute atomic E-state index is 12.4. The third kappa shape index (κ3) is 2.28. The molecule has 1 heterocycles. The largest absolute Gasteiger partial charge is 0.361 e. The van der Waals surface area contributed by atoms with Gasteiger partial charge in [0.1, 0.15) is 0 Å². The zero-order chi connectivity index (χ0) is 14.1. The minimum atomic E-state index is -0.175. The number of benzene rings is 2. The molecule has 0 bridgehead atoms. The van der Waals surface area contributed by atoms with E-state index in [1.54, 1.807) is 12.1 Å². The zero-order valence-electron chi connectivity index (χ0n) is 10.9. The van der Waals surface area contributed by atoms with Gasteiger partial charge in [-0.05, 0) is 36.8 Å². The smallest absolute Gasteiger partial charge is 0.257 e. The van der Waals surface area contributed by atoms with Crippen LogP contribution in [0.3, 0.4) is 0 Å². The molecule has 0 radical (unpaired) electrons. The highest BCUT2D eigenvalue weighted by Gasteiger charge is 2.12. The molecule has 100 valence electrons. The second-order valence-corrected chi connectivity index (χ2v) is 5.09. The summed E-state index contributed by atoms with van der Waals surface area (Å²) in [6, 6.07) is 13.1. The monoisotopic (exact) mass is 284 g/mol. The van der Waals surface area contributed by atoms with Crippen molar-refractivity contribution >= 4 is 34.1 Å². The molecule has 0 aliphatic carbocycles. The van der Waals surface area contributed by atoms with Crippen molar-refractivity contribution in [2.24, 2.45) is 0 Å². The lowest BCUT2D eigenvalue weighted by Crippen LogP contribution is -2.12. The van der Waals surface area contributed by atoms with Crippen LogP contribution in [0.4, 0.5) is 5.69 Å². The number of para-hydroxylation sites is 1. The van der Waals surface area contributed by atoms with Crippen LogP contribution in [0.2, 0.25) is 5.02 Å². The molecule has 20 heavy (non-hydrogen) atoms. The van der Waals surface area contributed by atoms with E-state index in [2.05, 4.69) is 10.3 Å². The van der Waals surface area contributed by atoms with Crippen LogP contribution in [0.5, 0.6) is 0 Å². The van der Waals surface area contributed by atoms with Crippen molar-refractivity contribution in [1.29, 1.82) is 0 Å². The molecular weight excluding hydrogens is 272 g/mol. The van der Waals surface area contributed by atoms with Gasteiger partial charge in [0.15, 0.2) is 0 Å². The number of halogens is 1. The van der Waals surface area contributed by atoms with Gasteiger partial charge in [-0.2, -0.15) is 0 Å². The summed E-state index contributed by atoms with van der Waals surface area (Å²) < 4.78 is 0. The molecule has 0 atom stereocenters. The first-order valence-corrected chi connectivity index (χ1v) is 6.66. The number of carbonyl (C=O) groups excluding carboxylic acids is 1. The maximum atomic E-state index is 12.4. The lowest BCUT2D eigenvalue weighted by atomic mass is 10.1. The van der Waals surface area contributed by atoms with Crippen molar-refractivity contribution in [3.8, 4) is 0 Å². The van der Waals surface area contributed by atoms with Crippen molar-refractivity contribution in [3.05, 3.63) is 64.8 Å². The molecule has 3 rings (SSSR count). The number of amides is 1. The topological polar surface area (TPSA) is 44.9 Å². The lowest BCUT2D eigenvalue weighted by molar-refractivity contribution is 0.102. The number of fused-ring (bicyclic) bond motifs is 1. The lowest BCUT2D eigenvalue weighted by Gasteiger charge is -2.09. The van der Waals surface area contributed by atoms with Gasteiger partial charge in [-0.1, -0.05) is 29.8 Å². The summed E-state index contributed by atoms with van der Waals surface area (Å²) in [5.41, 5.74) is 3.10. The molecule has 1 aromatic heterocycles. The first kappa shape index (κ1) is 12.8. The van der Waals surface area contributed by atoms with Gasteiger partial charge in [0.25, 0.3) is 5.91 Å². The van der Waals surface area contributed by atoms with E-state index in [0.29, 0.717) is 16.3 Å². The predicted octanol–water partition coefficient (Wildman–Crippen LogP) is 4.38. The average Bonchev–Trinajstić information content (AvgIpc) is 2.91. The first-order chi connectivity index (χ1) is 9.65. The number of aromatic nitrogens is 1. The summed E-state index contributed by atoms with van der Waals surface area (Å²) in [6.45, 7) is 1.96. The predicted molar refractivity (Wildman–Crippen MR) is 82.4 cm³/mol. The Hall–Kier alpha value is -2.26. The van der Waals surface area contributed by atoms with E-state index in [9.17, 15) is 4.79 Å². The number of aromatic amines is 1. The molecule has 4 heteroatoms. The Morgan fingerprint density at radius 3 is 2.90 bits per heavy atom. The fraction of sp³-hybridized carbons (Fsp3) is 0.0625. The number of nitrogens with one attached hydrogen (secondary N) is 2. The van der Waals surface area contributed by atoms with E-state index in [4.69, 9.17) is 11.6 Å². The number of anilines is 1. The number of hydrogen-bond donors (Lipinski definition) is 2. The summed E-state index contributed by atoms with van der Waals surface area (Å²) in [4.78, 5) is 15.5. The molecule has 2 aromatic carbocycles. The fourth-order valence-corrected chi connectivity index (χ4v) is 2.36. The highest BCUT2D eigenvalue weighted by molar-refractivity contribution is 6.34. The molecule has 0 saturated heterocycles. The molecule has 0 unspecified atom stereocenters.